The molecule has 1 aromatic rings. The Hall–Kier alpha value is -1.09. The molecule has 1 aliphatic rings. The van der Waals surface area contributed by atoms with Gasteiger partial charge in [0.2, 0.25) is 0 Å². The highest BCUT2D eigenvalue weighted by Gasteiger charge is 2.25. The molecule has 1 saturated heterocycles. The minimum atomic E-state index is 0.386. The number of aromatic nitrogens is 1. The third-order valence-corrected chi connectivity index (χ3v) is 4.41. The van der Waals surface area contributed by atoms with Crippen LogP contribution in [0.3, 0.4) is 0 Å². The van der Waals surface area contributed by atoms with E-state index in [2.05, 4.69) is 55.0 Å². The number of rotatable bonds is 5. The number of nitrogens with one attached hydrogen (secondary N) is 1. The number of pyridine rings is 1. The van der Waals surface area contributed by atoms with Gasteiger partial charge in [0, 0.05) is 25.3 Å². The molecule has 3 heteroatoms. The summed E-state index contributed by atoms with van der Waals surface area (Å²) >= 11 is 0. The van der Waals surface area contributed by atoms with E-state index >= 15 is 0 Å². The first-order valence-electron chi connectivity index (χ1n) is 7.96. The number of hydrogen-bond acceptors (Lipinski definition) is 3. The largest absolute Gasteiger partial charge is 0.357 e. The van der Waals surface area contributed by atoms with Crippen LogP contribution in [0.5, 0.6) is 0 Å². The molecule has 0 amide bonds. The lowest BCUT2D eigenvalue weighted by Gasteiger charge is -2.37. The third kappa shape index (κ3) is 3.95. The third-order valence-electron chi connectivity index (χ3n) is 4.41. The quantitative estimate of drug-likeness (QED) is 0.886. The lowest BCUT2D eigenvalue weighted by Crippen LogP contribution is -2.37. The van der Waals surface area contributed by atoms with E-state index in [-0.39, 0.29) is 0 Å². The van der Waals surface area contributed by atoms with Crippen LogP contribution in [0.2, 0.25) is 0 Å². The van der Waals surface area contributed by atoms with Crippen LogP contribution >= 0.6 is 0 Å². The smallest absolute Gasteiger partial charge is 0.128 e. The SMILES string of the molecule is CCCNC(C)c1ccc(N2CCC(C)(C)CC2)nc1. The molecule has 20 heavy (non-hydrogen) atoms. The number of nitrogens with zero attached hydrogens (tertiary/aromatic N) is 2. The predicted molar refractivity (Wildman–Crippen MR) is 86.2 cm³/mol. The Bertz CT molecular complexity index is 401. The van der Waals surface area contributed by atoms with Crippen molar-refractivity contribution in [2.24, 2.45) is 5.41 Å². The summed E-state index contributed by atoms with van der Waals surface area (Å²) in [5.74, 6) is 1.13. The summed E-state index contributed by atoms with van der Waals surface area (Å²) in [6, 6.07) is 4.78. The normalized spacial score (nSPS) is 19.9. The molecule has 0 bridgehead atoms. The van der Waals surface area contributed by atoms with Crippen molar-refractivity contribution in [1.82, 2.24) is 10.3 Å². The van der Waals surface area contributed by atoms with Crippen molar-refractivity contribution in [2.45, 2.75) is 53.0 Å². The first-order valence-corrected chi connectivity index (χ1v) is 7.96. The molecule has 1 unspecified atom stereocenters. The Labute approximate surface area is 123 Å². The molecule has 1 aromatic heterocycles. The van der Waals surface area contributed by atoms with Crippen molar-refractivity contribution in [3.8, 4) is 0 Å². The van der Waals surface area contributed by atoms with Crippen LogP contribution in [-0.4, -0.2) is 24.6 Å². The molecule has 0 aromatic carbocycles. The van der Waals surface area contributed by atoms with Gasteiger partial charge in [-0.25, -0.2) is 4.98 Å². The van der Waals surface area contributed by atoms with Crippen molar-refractivity contribution >= 4 is 5.82 Å². The van der Waals surface area contributed by atoms with Gasteiger partial charge in [-0.2, -0.15) is 0 Å². The Morgan fingerprint density at radius 2 is 2.00 bits per heavy atom. The second-order valence-electron chi connectivity index (χ2n) is 6.78. The highest BCUT2D eigenvalue weighted by atomic mass is 15.2. The van der Waals surface area contributed by atoms with Crippen LogP contribution in [0.4, 0.5) is 5.82 Å². The molecule has 1 N–H and O–H groups in total. The van der Waals surface area contributed by atoms with Gasteiger partial charge in [0.05, 0.1) is 0 Å². The molecule has 0 saturated carbocycles. The van der Waals surface area contributed by atoms with Crippen LogP contribution in [0.1, 0.15) is 58.6 Å². The Kier molecular flexibility index (Phi) is 5.03. The van der Waals surface area contributed by atoms with Crippen LogP contribution < -0.4 is 10.2 Å². The van der Waals surface area contributed by atoms with Gasteiger partial charge < -0.3 is 10.2 Å². The second kappa shape index (κ2) is 6.57. The van der Waals surface area contributed by atoms with E-state index in [9.17, 15) is 0 Å². The molecule has 2 heterocycles. The molecule has 3 nitrogen and oxygen atoms in total. The monoisotopic (exact) mass is 275 g/mol. The zero-order valence-corrected chi connectivity index (χ0v) is 13.4. The van der Waals surface area contributed by atoms with E-state index in [0.29, 0.717) is 11.5 Å². The molecule has 1 fully saturated rings. The Balaban J connectivity index is 1.95. The van der Waals surface area contributed by atoms with Gasteiger partial charge in [-0.1, -0.05) is 26.8 Å². The fourth-order valence-electron chi connectivity index (χ4n) is 2.66. The standard InChI is InChI=1S/C17H29N3/c1-5-10-18-14(2)15-6-7-16(19-13-15)20-11-8-17(3,4)9-12-20/h6-7,13-14,18H,5,8-12H2,1-4H3. The summed E-state index contributed by atoms with van der Waals surface area (Å²) in [5, 5.41) is 3.50. The molecule has 1 atom stereocenters. The Morgan fingerprint density at radius 3 is 2.55 bits per heavy atom. The fraction of sp³-hybridized carbons (Fsp3) is 0.706. The summed E-state index contributed by atoms with van der Waals surface area (Å²) in [5.41, 5.74) is 1.77. The van der Waals surface area contributed by atoms with E-state index in [4.69, 9.17) is 0 Å². The first kappa shape index (κ1) is 15.3. The van der Waals surface area contributed by atoms with Crippen LogP contribution in [0.15, 0.2) is 18.3 Å². The second-order valence-corrected chi connectivity index (χ2v) is 6.78. The van der Waals surface area contributed by atoms with E-state index in [1.54, 1.807) is 0 Å². The van der Waals surface area contributed by atoms with E-state index in [1.807, 2.05) is 6.20 Å². The van der Waals surface area contributed by atoms with Crippen molar-refractivity contribution < 1.29 is 0 Å². The van der Waals surface area contributed by atoms with Crippen molar-refractivity contribution in [3.05, 3.63) is 23.9 Å². The number of anilines is 1. The van der Waals surface area contributed by atoms with Gasteiger partial charge in [0.25, 0.3) is 0 Å². The molecule has 1 aliphatic heterocycles. The molecule has 0 radical (unpaired) electrons. The van der Waals surface area contributed by atoms with Gasteiger partial charge >= 0.3 is 0 Å². The summed E-state index contributed by atoms with van der Waals surface area (Å²) in [4.78, 5) is 7.08. The average molecular weight is 275 g/mol. The van der Waals surface area contributed by atoms with Gasteiger partial charge in [0.15, 0.2) is 0 Å². The number of piperidine rings is 1. The number of hydrogen-bond donors (Lipinski definition) is 1. The maximum absolute atomic E-state index is 4.67. The maximum atomic E-state index is 4.67. The molecular formula is C17H29N3. The molecule has 0 spiro atoms. The highest BCUT2D eigenvalue weighted by Crippen LogP contribution is 2.31. The lowest BCUT2D eigenvalue weighted by atomic mass is 9.83. The van der Waals surface area contributed by atoms with Gasteiger partial charge in [0.1, 0.15) is 5.82 Å². The Morgan fingerprint density at radius 1 is 1.30 bits per heavy atom. The van der Waals surface area contributed by atoms with Crippen LogP contribution in [0.25, 0.3) is 0 Å². The summed E-state index contributed by atoms with van der Waals surface area (Å²) in [7, 11) is 0. The van der Waals surface area contributed by atoms with Crippen molar-refractivity contribution in [1.29, 1.82) is 0 Å². The van der Waals surface area contributed by atoms with E-state index in [1.165, 1.54) is 24.8 Å². The zero-order valence-electron chi connectivity index (χ0n) is 13.4. The molecule has 112 valence electrons. The predicted octanol–water partition coefficient (Wildman–Crippen LogP) is 3.77. The van der Waals surface area contributed by atoms with Gasteiger partial charge in [-0.15, -0.1) is 0 Å². The molecule has 2 rings (SSSR count). The van der Waals surface area contributed by atoms with E-state index in [0.717, 1.165) is 25.5 Å². The molecule has 0 aliphatic carbocycles. The van der Waals surface area contributed by atoms with Crippen LogP contribution in [0, 0.1) is 5.41 Å². The van der Waals surface area contributed by atoms with E-state index < -0.39 is 0 Å². The van der Waals surface area contributed by atoms with Gasteiger partial charge in [-0.3, -0.25) is 0 Å². The molecular weight excluding hydrogens is 246 g/mol. The first-order chi connectivity index (χ1) is 9.52. The van der Waals surface area contributed by atoms with Crippen molar-refractivity contribution in [2.75, 3.05) is 24.5 Å². The minimum absolute atomic E-state index is 0.386. The minimum Gasteiger partial charge on any atom is -0.357 e. The highest BCUT2D eigenvalue weighted by molar-refractivity contribution is 5.40. The fourth-order valence-corrected chi connectivity index (χ4v) is 2.66. The topological polar surface area (TPSA) is 28.2 Å². The van der Waals surface area contributed by atoms with Gasteiger partial charge in [-0.05, 0) is 49.8 Å². The van der Waals surface area contributed by atoms with Crippen molar-refractivity contribution in [3.63, 3.8) is 0 Å². The summed E-state index contributed by atoms with van der Waals surface area (Å²) in [6.45, 7) is 12.4. The zero-order chi connectivity index (χ0) is 14.6. The lowest BCUT2D eigenvalue weighted by molar-refractivity contribution is 0.279. The average Bonchev–Trinajstić information content (AvgIpc) is 2.45. The van der Waals surface area contributed by atoms with Crippen LogP contribution in [-0.2, 0) is 0 Å². The maximum Gasteiger partial charge on any atom is 0.128 e. The summed E-state index contributed by atoms with van der Waals surface area (Å²) in [6.07, 6.45) is 5.71. The summed E-state index contributed by atoms with van der Waals surface area (Å²) < 4.78 is 0.